The van der Waals surface area contributed by atoms with E-state index in [1.54, 1.807) is 41.7 Å². The second-order valence-electron chi connectivity index (χ2n) is 9.08. The number of carbonyl (C=O) groups excluding carboxylic acids is 2. The number of carbonyl (C=O) groups is 2. The van der Waals surface area contributed by atoms with Crippen LogP contribution >= 0.6 is 34.5 Å². The van der Waals surface area contributed by atoms with Crippen LogP contribution in [0.1, 0.15) is 35.1 Å². The van der Waals surface area contributed by atoms with E-state index in [4.69, 9.17) is 23.2 Å². The number of amides is 2. The van der Waals surface area contributed by atoms with Crippen LogP contribution in [0.3, 0.4) is 0 Å². The first-order valence-electron chi connectivity index (χ1n) is 11.4. The van der Waals surface area contributed by atoms with Gasteiger partial charge in [-0.1, -0.05) is 47.5 Å². The monoisotopic (exact) mass is 534 g/mol. The Morgan fingerprint density at radius 2 is 1.78 bits per heavy atom. The molecule has 0 aliphatic carbocycles. The van der Waals surface area contributed by atoms with E-state index in [0.717, 1.165) is 16.0 Å². The van der Waals surface area contributed by atoms with Crippen molar-refractivity contribution in [1.29, 1.82) is 0 Å². The van der Waals surface area contributed by atoms with Gasteiger partial charge in [0, 0.05) is 38.5 Å². The van der Waals surface area contributed by atoms with Gasteiger partial charge in [-0.3, -0.25) is 9.59 Å². The van der Waals surface area contributed by atoms with Gasteiger partial charge in [0.15, 0.2) is 0 Å². The predicted octanol–water partition coefficient (Wildman–Crippen LogP) is 6.66. The molecule has 36 heavy (non-hydrogen) atoms. The van der Waals surface area contributed by atoms with Crippen LogP contribution in [0, 0.1) is 0 Å². The van der Waals surface area contributed by atoms with Crippen LogP contribution < -0.4 is 10.6 Å². The van der Waals surface area contributed by atoms with Gasteiger partial charge in [-0.15, -0.1) is 11.3 Å². The maximum absolute atomic E-state index is 14.1. The quantitative estimate of drug-likeness (QED) is 0.275. The molecule has 1 spiro atoms. The first kappa shape index (κ1) is 23.1. The van der Waals surface area contributed by atoms with E-state index in [0.29, 0.717) is 26.9 Å². The number of thiophene rings is 1. The number of halogens is 2. The van der Waals surface area contributed by atoms with Crippen LogP contribution in [0.5, 0.6) is 5.75 Å². The summed E-state index contributed by atoms with van der Waals surface area (Å²) in [5.74, 6) is -1.02. The third kappa shape index (κ3) is 3.52. The summed E-state index contributed by atoms with van der Waals surface area (Å²) in [5, 5.41) is 20.1. The SMILES string of the molecule is O=C1C[C@@H](c2cccc(Cl)c2)[C@]2(C(=O)Nc3cc(Cl)ccc32)[C@@H](c2cc(-c3cccs3)ccc2O)N1. The third-order valence-electron chi connectivity index (χ3n) is 7.15. The highest BCUT2D eigenvalue weighted by molar-refractivity contribution is 7.13. The Balaban J connectivity index is 1.63. The smallest absolute Gasteiger partial charge is 0.238 e. The summed E-state index contributed by atoms with van der Waals surface area (Å²) in [6.45, 7) is 0. The van der Waals surface area contributed by atoms with Crippen molar-refractivity contribution >= 4 is 52.0 Å². The molecule has 180 valence electrons. The van der Waals surface area contributed by atoms with Crippen LogP contribution in [0.4, 0.5) is 5.69 Å². The Labute approximate surface area is 221 Å². The average Bonchev–Trinajstić information content (AvgIpc) is 3.48. The summed E-state index contributed by atoms with van der Waals surface area (Å²) in [6, 6.07) is 21.0. The maximum atomic E-state index is 14.1. The van der Waals surface area contributed by atoms with Crippen LogP contribution in [0.2, 0.25) is 10.0 Å². The molecular weight excluding hydrogens is 515 g/mol. The van der Waals surface area contributed by atoms with E-state index in [9.17, 15) is 14.7 Å². The van der Waals surface area contributed by atoms with E-state index in [1.807, 2.05) is 47.8 Å². The molecule has 0 radical (unpaired) electrons. The van der Waals surface area contributed by atoms with Crippen LogP contribution in [0.15, 0.2) is 78.2 Å². The van der Waals surface area contributed by atoms with Crippen molar-refractivity contribution in [2.24, 2.45) is 0 Å². The highest BCUT2D eigenvalue weighted by Gasteiger charge is 2.61. The molecule has 2 amide bonds. The molecule has 1 fully saturated rings. The number of phenols is 1. The lowest BCUT2D eigenvalue weighted by molar-refractivity contribution is -0.131. The van der Waals surface area contributed by atoms with E-state index in [1.165, 1.54) is 0 Å². The van der Waals surface area contributed by atoms with Gasteiger partial charge in [-0.05, 0) is 70.6 Å². The lowest BCUT2D eigenvalue weighted by Gasteiger charge is -2.46. The number of anilines is 1. The average molecular weight is 535 g/mol. The Morgan fingerprint density at radius 1 is 0.944 bits per heavy atom. The van der Waals surface area contributed by atoms with E-state index in [-0.39, 0.29) is 24.0 Å². The standard InChI is InChI=1S/C28H20Cl2N2O3S/c29-17-4-1-3-15(11-17)21-14-25(34)32-26(19-12-16(6-9-23(19)33)24-5-2-10-36-24)28(21)20-8-7-18(30)13-22(20)31-27(28)35/h1-13,21,26,33H,14H2,(H,31,35)(H,32,34)/t21-,26+,28-/m0/s1. The minimum absolute atomic E-state index is 0.00180. The number of hydrogen-bond donors (Lipinski definition) is 3. The zero-order chi connectivity index (χ0) is 25.0. The first-order valence-corrected chi connectivity index (χ1v) is 13.0. The second kappa shape index (κ2) is 8.66. The lowest BCUT2D eigenvalue weighted by Crippen LogP contribution is -2.56. The Bertz CT molecular complexity index is 1520. The molecule has 1 saturated heterocycles. The second-order valence-corrected chi connectivity index (χ2v) is 10.9. The van der Waals surface area contributed by atoms with Crippen molar-refractivity contribution in [1.82, 2.24) is 5.32 Å². The number of phenolic OH excluding ortho intramolecular Hbond substituents is 1. The van der Waals surface area contributed by atoms with Crippen LogP contribution in [0.25, 0.3) is 10.4 Å². The summed E-state index contributed by atoms with van der Waals surface area (Å²) in [6.07, 6.45) is 0.0811. The Hall–Kier alpha value is -3.32. The van der Waals surface area contributed by atoms with Gasteiger partial charge in [0.25, 0.3) is 0 Å². The number of nitrogens with one attached hydrogen (secondary N) is 2. The van der Waals surface area contributed by atoms with Crippen molar-refractivity contribution in [3.8, 4) is 16.2 Å². The van der Waals surface area contributed by atoms with Crippen molar-refractivity contribution in [2.75, 3.05) is 5.32 Å². The van der Waals surface area contributed by atoms with Gasteiger partial charge in [0.1, 0.15) is 11.2 Å². The van der Waals surface area contributed by atoms with Crippen molar-refractivity contribution in [3.63, 3.8) is 0 Å². The lowest BCUT2D eigenvalue weighted by atomic mass is 9.59. The normalized spacial score (nSPS) is 22.8. The number of benzene rings is 3. The number of aromatic hydroxyl groups is 1. The molecule has 2 aliphatic heterocycles. The van der Waals surface area contributed by atoms with Gasteiger partial charge in [-0.2, -0.15) is 0 Å². The summed E-state index contributed by atoms with van der Waals surface area (Å²) >= 11 is 14.2. The topological polar surface area (TPSA) is 78.4 Å². The zero-order valence-electron chi connectivity index (χ0n) is 18.8. The molecule has 0 unspecified atom stereocenters. The zero-order valence-corrected chi connectivity index (χ0v) is 21.1. The third-order valence-corrected chi connectivity index (χ3v) is 8.54. The van der Waals surface area contributed by atoms with Crippen molar-refractivity contribution in [3.05, 3.63) is 105 Å². The van der Waals surface area contributed by atoms with Gasteiger partial charge >= 0.3 is 0 Å². The molecule has 0 bridgehead atoms. The van der Waals surface area contributed by atoms with Crippen molar-refractivity contribution < 1.29 is 14.7 Å². The summed E-state index contributed by atoms with van der Waals surface area (Å²) in [4.78, 5) is 28.3. The molecule has 3 heterocycles. The highest BCUT2D eigenvalue weighted by Crippen LogP contribution is 2.58. The molecule has 3 aromatic carbocycles. The molecule has 8 heteroatoms. The molecule has 6 rings (SSSR count). The molecule has 4 aromatic rings. The van der Waals surface area contributed by atoms with E-state index in [2.05, 4.69) is 10.6 Å². The van der Waals surface area contributed by atoms with Gasteiger partial charge in [0.2, 0.25) is 11.8 Å². The molecule has 3 N–H and O–H groups in total. The van der Waals surface area contributed by atoms with E-state index >= 15 is 0 Å². The molecule has 2 aliphatic rings. The van der Waals surface area contributed by atoms with Crippen LogP contribution in [-0.4, -0.2) is 16.9 Å². The Kier molecular flexibility index (Phi) is 5.56. The Morgan fingerprint density at radius 3 is 2.56 bits per heavy atom. The summed E-state index contributed by atoms with van der Waals surface area (Å²) in [7, 11) is 0. The molecular formula is C28H20Cl2N2O3S. The largest absolute Gasteiger partial charge is 0.508 e. The van der Waals surface area contributed by atoms with Crippen molar-refractivity contribution in [2.45, 2.75) is 23.8 Å². The molecule has 0 saturated carbocycles. The minimum Gasteiger partial charge on any atom is -0.508 e. The fraction of sp³-hybridized carbons (Fsp3) is 0.143. The number of piperidine rings is 1. The van der Waals surface area contributed by atoms with Gasteiger partial charge in [0.05, 0.1) is 6.04 Å². The number of hydrogen-bond acceptors (Lipinski definition) is 4. The minimum atomic E-state index is -1.25. The fourth-order valence-electron chi connectivity index (χ4n) is 5.65. The summed E-state index contributed by atoms with van der Waals surface area (Å²) in [5.41, 5.74) is 2.20. The molecule has 5 nitrogen and oxygen atoms in total. The van der Waals surface area contributed by atoms with Gasteiger partial charge in [-0.25, -0.2) is 0 Å². The summed E-state index contributed by atoms with van der Waals surface area (Å²) < 4.78 is 0. The molecule has 1 aromatic heterocycles. The predicted molar refractivity (Wildman–Crippen MR) is 143 cm³/mol. The first-order chi connectivity index (χ1) is 17.4. The van der Waals surface area contributed by atoms with Crippen LogP contribution in [-0.2, 0) is 15.0 Å². The van der Waals surface area contributed by atoms with E-state index < -0.39 is 17.4 Å². The fourth-order valence-corrected chi connectivity index (χ4v) is 6.75. The maximum Gasteiger partial charge on any atom is 0.238 e. The molecule has 3 atom stereocenters. The van der Waals surface area contributed by atoms with Gasteiger partial charge < -0.3 is 15.7 Å². The highest BCUT2D eigenvalue weighted by atomic mass is 35.5. The number of fused-ring (bicyclic) bond motifs is 2. The number of rotatable bonds is 3.